The first-order chi connectivity index (χ1) is 15.3. The summed E-state index contributed by atoms with van der Waals surface area (Å²) in [6.45, 7) is 6.14. The van der Waals surface area contributed by atoms with Crippen molar-refractivity contribution in [1.82, 2.24) is 4.68 Å². The number of amides is 3. The average molecular weight is 431 g/mol. The number of aromatic nitrogens is 1. The molecule has 1 atom stereocenters. The van der Waals surface area contributed by atoms with Crippen LogP contribution < -0.4 is 15.6 Å². The van der Waals surface area contributed by atoms with Gasteiger partial charge in [0.15, 0.2) is 0 Å². The van der Waals surface area contributed by atoms with Gasteiger partial charge in [0.25, 0.3) is 5.91 Å². The fourth-order valence-electron chi connectivity index (χ4n) is 3.94. The summed E-state index contributed by atoms with van der Waals surface area (Å²) in [5.74, 6) is -0.919. The number of aryl methyl sites for hydroxylation is 3. The number of benzene rings is 2. The highest BCUT2D eigenvalue weighted by molar-refractivity contribution is 6.04. The molecule has 7 heteroatoms. The third kappa shape index (κ3) is 4.27. The summed E-state index contributed by atoms with van der Waals surface area (Å²) >= 11 is 0. The Hall–Kier alpha value is -3.87. The van der Waals surface area contributed by atoms with Crippen molar-refractivity contribution in [2.24, 2.45) is 5.92 Å². The smallest absolute Gasteiger partial charge is 0.270 e. The molecule has 1 aliphatic rings. The van der Waals surface area contributed by atoms with Crippen molar-refractivity contribution in [3.63, 3.8) is 0 Å². The van der Waals surface area contributed by atoms with Crippen LogP contribution >= 0.6 is 0 Å². The van der Waals surface area contributed by atoms with Crippen molar-refractivity contribution in [2.75, 3.05) is 22.2 Å². The van der Waals surface area contributed by atoms with Gasteiger partial charge in [0.1, 0.15) is 0 Å². The predicted octanol–water partition coefficient (Wildman–Crippen LogP) is 3.79. The van der Waals surface area contributed by atoms with Crippen LogP contribution in [0.2, 0.25) is 0 Å². The first-order valence-electron chi connectivity index (χ1n) is 10.6. The first kappa shape index (κ1) is 21.4. The normalized spacial score (nSPS) is 15.7. The average Bonchev–Trinajstić information content (AvgIpc) is 3.31. The predicted molar refractivity (Wildman–Crippen MR) is 124 cm³/mol. The van der Waals surface area contributed by atoms with Crippen LogP contribution in [-0.2, 0) is 9.59 Å². The van der Waals surface area contributed by atoms with Crippen LogP contribution in [0.1, 0.15) is 33.7 Å². The van der Waals surface area contributed by atoms with Crippen LogP contribution in [0, 0.1) is 26.7 Å². The van der Waals surface area contributed by atoms with Crippen molar-refractivity contribution in [3.8, 4) is 0 Å². The van der Waals surface area contributed by atoms with Gasteiger partial charge in [0, 0.05) is 41.3 Å². The number of carbonyl (C=O) groups excluding carboxylic acids is 3. The van der Waals surface area contributed by atoms with E-state index in [1.165, 1.54) is 0 Å². The number of hydrogen-bond donors (Lipinski definition) is 2. The van der Waals surface area contributed by atoms with Crippen LogP contribution in [-0.4, -0.2) is 28.9 Å². The molecule has 7 nitrogen and oxygen atoms in total. The Labute approximate surface area is 187 Å². The van der Waals surface area contributed by atoms with Crippen molar-refractivity contribution < 1.29 is 14.4 Å². The van der Waals surface area contributed by atoms with Gasteiger partial charge in [0.2, 0.25) is 11.8 Å². The molecule has 1 aromatic heterocycles. The van der Waals surface area contributed by atoms with Crippen molar-refractivity contribution in [2.45, 2.75) is 27.2 Å². The Bertz CT molecular complexity index is 1160. The topological polar surface area (TPSA) is 83.4 Å². The van der Waals surface area contributed by atoms with E-state index < -0.39 is 5.92 Å². The molecule has 0 saturated carbocycles. The molecular formula is C25H26N4O3. The molecule has 2 N–H and O–H groups in total. The molecule has 32 heavy (non-hydrogen) atoms. The zero-order chi connectivity index (χ0) is 22.8. The summed E-state index contributed by atoms with van der Waals surface area (Å²) < 4.78 is 1.73. The fourth-order valence-corrected chi connectivity index (χ4v) is 3.94. The number of carbonyl (C=O) groups is 3. The molecule has 0 aliphatic carbocycles. The van der Waals surface area contributed by atoms with Crippen molar-refractivity contribution in [3.05, 3.63) is 83.2 Å². The molecule has 0 bridgehead atoms. The van der Waals surface area contributed by atoms with Gasteiger partial charge >= 0.3 is 0 Å². The van der Waals surface area contributed by atoms with E-state index in [-0.39, 0.29) is 24.1 Å². The minimum absolute atomic E-state index is 0.0536. The minimum Gasteiger partial charge on any atom is -0.326 e. The van der Waals surface area contributed by atoms with Crippen molar-refractivity contribution in [1.29, 1.82) is 0 Å². The number of anilines is 2. The first-order valence-corrected chi connectivity index (χ1v) is 10.6. The molecular weight excluding hydrogens is 404 g/mol. The maximum atomic E-state index is 12.8. The largest absolute Gasteiger partial charge is 0.326 e. The minimum atomic E-state index is -0.426. The van der Waals surface area contributed by atoms with E-state index in [2.05, 4.69) is 10.7 Å². The lowest BCUT2D eigenvalue weighted by Gasteiger charge is -2.19. The molecule has 0 unspecified atom stereocenters. The molecule has 3 amide bonds. The molecule has 2 heterocycles. The molecule has 4 rings (SSSR count). The van der Waals surface area contributed by atoms with E-state index >= 15 is 0 Å². The standard InChI is InChI=1S/C25H26N4O3/c1-16-6-4-5-7-22(16)28-15-20(14-23(28)30)24(31)26-21-12-10-19(11-13-21)25(32)27-29-17(2)8-9-18(29)3/h4-13,20H,14-15H2,1-3H3,(H,26,31)(H,27,32)/t20-/m0/s1. The summed E-state index contributed by atoms with van der Waals surface area (Å²) in [6, 6.07) is 18.2. The van der Waals surface area contributed by atoms with E-state index in [1.807, 2.05) is 57.2 Å². The van der Waals surface area contributed by atoms with Gasteiger partial charge in [-0.25, -0.2) is 0 Å². The lowest BCUT2D eigenvalue weighted by Crippen LogP contribution is -2.28. The summed E-state index contributed by atoms with van der Waals surface area (Å²) in [6.07, 6.45) is 0.177. The third-order valence-electron chi connectivity index (χ3n) is 5.80. The van der Waals surface area contributed by atoms with E-state index in [9.17, 15) is 14.4 Å². The summed E-state index contributed by atoms with van der Waals surface area (Å²) in [5.41, 5.74) is 7.64. The Morgan fingerprint density at radius 2 is 1.56 bits per heavy atom. The highest BCUT2D eigenvalue weighted by Gasteiger charge is 2.35. The number of nitrogens with zero attached hydrogens (tertiary/aromatic N) is 2. The molecule has 0 radical (unpaired) electrons. The Balaban J connectivity index is 1.38. The zero-order valence-corrected chi connectivity index (χ0v) is 18.4. The molecule has 1 aliphatic heterocycles. The highest BCUT2D eigenvalue weighted by Crippen LogP contribution is 2.28. The molecule has 1 fully saturated rings. The van der Waals surface area contributed by atoms with Crippen LogP contribution in [0.3, 0.4) is 0 Å². The molecule has 0 spiro atoms. The van der Waals surface area contributed by atoms with E-state index in [0.717, 1.165) is 22.6 Å². The Kier molecular flexibility index (Phi) is 5.81. The highest BCUT2D eigenvalue weighted by atomic mass is 16.2. The summed E-state index contributed by atoms with van der Waals surface area (Å²) in [5, 5.41) is 2.87. The van der Waals surface area contributed by atoms with Gasteiger partial charge in [-0.3, -0.25) is 24.5 Å². The van der Waals surface area contributed by atoms with E-state index in [1.54, 1.807) is 33.8 Å². The van der Waals surface area contributed by atoms with E-state index in [4.69, 9.17) is 0 Å². The molecule has 164 valence electrons. The van der Waals surface area contributed by atoms with Gasteiger partial charge < -0.3 is 10.2 Å². The number of rotatable bonds is 5. The zero-order valence-electron chi connectivity index (χ0n) is 18.4. The summed E-state index contributed by atoms with van der Waals surface area (Å²) in [7, 11) is 0. The van der Waals surface area contributed by atoms with Crippen LogP contribution in [0.4, 0.5) is 11.4 Å². The van der Waals surface area contributed by atoms with Gasteiger partial charge in [-0.1, -0.05) is 18.2 Å². The van der Waals surface area contributed by atoms with Gasteiger partial charge in [0.05, 0.1) is 5.92 Å². The fraction of sp³-hybridized carbons (Fsp3) is 0.240. The molecule has 2 aromatic carbocycles. The number of para-hydroxylation sites is 1. The van der Waals surface area contributed by atoms with Crippen molar-refractivity contribution >= 4 is 29.1 Å². The van der Waals surface area contributed by atoms with Gasteiger partial charge in [-0.2, -0.15) is 0 Å². The second-order valence-corrected chi connectivity index (χ2v) is 8.15. The monoisotopic (exact) mass is 430 g/mol. The maximum absolute atomic E-state index is 12.8. The number of nitrogens with one attached hydrogen (secondary N) is 2. The van der Waals surface area contributed by atoms with E-state index in [0.29, 0.717) is 17.8 Å². The van der Waals surface area contributed by atoms with Crippen LogP contribution in [0.25, 0.3) is 0 Å². The number of hydrogen-bond acceptors (Lipinski definition) is 3. The second-order valence-electron chi connectivity index (χ2n) is 8.15. The molecule has 1 saturated heterocycles. The maximum Gasteiger partial charge on any atom is 0.270 e. The lowest BCUT2D eigenvalue weighted by molar-refractivity contribution is -0.122. The van der Waals surface area contributed by atoms with Gasteiger partial charge in [-0.05, 0) is 68.8 Å². The Morgan fingerprint density at radius 1 is 0.906 bits per heavy atom. The van der Waals surface area contributed by atoms with Gasteiger partial charge in [-0.15, -0.1) is 0 Å². The quantitative estimate of drug-likeness (QED) is 0.646. The SMILES string of the molecule is Cc1ccccc1N1C[C@@H](C(=O)Nc2ccc(C(=O)Nn3c(C)ccc3C)cc2)CC1=O. The summed E-state index contributed by atoms with van der Waals surface area (Å²) in [4.78, 5) is 39.5. The lowest BCUT2D eigenvalue weighted by atomic mass is 10.1. The van der Waals surface area contributed by atoms with Crippen LogP contribution in [0.5, 0.6) is 0 Å². The third-order valence-corrected chi connectivity index (χ3v) is 5.80. The Morgan fingerprint density at radius 3 is 2.22 bits per heavy atom. The second kappa shape index (κ2) is 8.70. The van der Waals surface area contributed by atoms with Crippen LogP contribution in [0.15, 0.2) is 60.7 Å². The molecule has 3 aromatic rings.